The maximum Gasteiger partial charge on any atom is 0.0911 e. The normalized spacial score (nSPS) is 24.1. The first-order valence-electron chi connectivity index (χ1n) is 7.75. The fourth-order valence-corrected chi connectivity index (χ4v) is 3.39. The lowest BCUT2D eigenvalue weighted by atomic mass is 9.96. The van der Waals surface area contributed by atoms with Gasteiger partial charge in [0.1, 0.15) is 0 Å². The van der Waals surface area contributed by atoms with Crippen LogP contribution in [0.3, 0.4) is 0 Å². The van der Waals surface area contributed by atoms with Crippen molar-refractivity contribution in [3.63, 3.8) is 0 Å². The largest absolute Gasteiger partial charge is 0.369 e. The molecule has 2 aromatic rings. The highest BCUT2D eigenvalue weighted by atomic mass is 16.5. The minimum Gasteiger partial charge on any atom is -0.369 e. The van der Waals surface area contributed by atoms with Crippen molar-refractivity contribution in [3.8, 4) is 11.1 Å². The number of ether oxygens (including phenoxy) is 1. The average Bonchev–Trinajstić information content (AvgIpc) is 3.00. The molecule has 4 nitrogen and oxygen atoms in total. The molecule has 112 valence electrons. The van der Waals surface area contributed by atoms with Crippen LogP contribution in [0, 0.1) is 0 Å². The van der Waals surface area contributed by atoms with E-state index in [4.69, 9.17) is 4.74 Å². The van der Waals surface area contributed by atoms with E-state index >= 15 is 0 Å². The smallest absolute Gasteiger partial charge is 0.0911 e. The Hall–Kier alpha value is -2.20. The molecule has 4 heterocycles. The highest BCUT2D eigenvalue weighted by molar-refractivity contribution is 5.77. The van der Waals surface area contributed by atoms with E-state index in [2.05, 4.69) is 39.2 Å². The highest BCUT2D eigenvalue weighted by Crippen LogP contribution is 2.37. The lowest BCUT2D eigenvalue weighted by Crippen LogP contribution is -2.37. The van der Waals surface area contributed by atoms with Crippen molar-refractivity contribution in [1.29, 1.82) is 0 Å². The van der Waals surface area contributed by atoms with Gasteiger partial charge in [-0.15, -0.1) is 0 Å². The number of pyridine rings is 2. The van der Waals surface area contributed by atoms with Crippen LogP contribution in [0.4, 0.5) is 5.69 Å². The average molecular weight is 293 g/mol. The van der Waals surface area contributed by atoms with Crippen molar-refractivity contribution in [1.82, 2.24) is 9.97 Å². The zero-order valence-electron chi connectivity index (χ0n) is 12.5. The summed E-state index contributed by atoms with van der Waals surface area (Å²) in [7, 11) is 0. The van der Waals surface area contributed by atoms with E-state index in [1.807, 2.05) is 24.7 Å². The summed E-state index contributed by atoms with van der Waals surface area (Å²) in [4.78, 5) is 11.0. The Kier molecular flexibility index (Phi) is 3.39. The maximum atomic E-state index is 6.07. The first-order chi connectivity index (χ1) is 10.9. The van der Waals surface area contributed by atoms with Crippen molar-refractivity contribution in [3.05, 3.63) is 55.1 Å². The molecular formula is C18H19N3O. The van der Waals surface area contributed by atoms with Gasteiger partial charge < -0.3 is 9.64 Å². The molecule has 0 N–H and O–H groups in total. The summed E-state index contributed by atoms with van der Waals surface area (Å²) in [5.41, 5.74) is 3.46. The Morgan fingerprint density at radius 2 is 2.05 bits per heavy atom. The van der Waals surface area contributed by atoms with Gasteiger partial charge in [0, 0.05) is 54.7 Å². The molecule has 2 aliphatic rings. The zero-order chi connectivity index (χ0) is 14.8. The van der Waals surface area contributed by atoms with Crippen LogP contribution >= 0.6 is 0 Å². The third-order valence-corrected chi connectivity index (χ3v) is 4.57. The van der Waals surface area contributed by atoms with Gasteiger partial charge in [0.25, 0.3) is 0 Å². The van der Waals surface area contributed by atoms with Crippen LogP contribution < -0.4 is 4.90 Å². The molecule has 1 atom stereocenters. The van der Waals surface area contributed by atoms with Gasteiger partial charge in [-0.25, -0.2) is 0 Å². The van der Waals surface area contributed by atoms with Crippen molar-refractivity contribution >= 4 is 5.69 Å². The molecule has 0 amide bonds. The quantitative estimate of drug-likeness (QED) is 0.798. The predicted molar refractivity (Wildman–Crippen MR) is 86.7 cm³/mol. The number of hydrogen-bond acceptors (Lipinski definition) is 4. The van der Waals surface area contributed by atoms with Crippen LogP contribution in [0.25, 0.3) is 11.1 Å². The third kappa shape index (κ3) is 2.40. The number of anilines is 1. The van der Waals surface area contributed by atoms with Crippen LogP contribution in [-0.2, 0) is 4.74 Å². The molecule has 1 fully saturated rings. The van der Waals surface area contributed by atoms with Gasteiger partial charge in [0.05, 0.1) is 12.2 Å². The Bertz CT molecular complexity index is 686. The van der Waals surface area contributed by atoms with Crippen molar-refractivity contribution < 1.29 is 4.74 Å². The molecular weight excluding hydrogens is 274 g/mol. The second-order valence-corrected chi connectivity index (χ2v) is 5.98. The number of nitrogens with zero attached hydrogens (tertiary/aromatic N) is 3. The lowest BCUT2D eigenvalue weighted by molar-refractivity contribution is -0.0186. The first kappa shape index (κ1) is 13.5. The van der Waals surface area contributed by atoms with Gasteiger partial charge in [0.15, 0.2) is 0 Å². The number of aromatic nitrogens is 2. The third-order valence-electron chi connectivity index (χ3n) is 4.57. The first-order valence-corrected chi connectivity index (χ1v) is 7.75. The fourth-order valence-electron chi connectivity index (χ4n) is 3.39. The van der Waals surface area contributed by atoms with E-state index in [0.717, 1.165) is 43.7 Å². The van der Waals surface area contributed by atoms with Crippen LogP contribution in [-0.4, -0.2) is 35.3 Å². The summed E-state index contributed by atoms with van der Waals surface area (Å²) < 4.78 is 6.07. The molecule has 2 aliphatic heterocycles. The SMILES string of the molecule is C1=CCC2(CCN(c3ccncc3-c3cccnc3)C2)OC1. The van der Waals surface area contributed by atoms with Crippen molar-refractivity contribution in [2.75, 3.05) is 24.6 Å². The van der Waals surface area contributed by atoms with E-state index in [-0.39, 0.29) is 5.60 Å². The number of hydrogen-bond donors (Lipinski definition) is 0. The Labute approximate surface area is 130 Å². The molecule has 4 rings (SSSR count). The Balaban J connectivity index is 1.65. The van der Waals surface area contributed by atoms with Crippen LogP contribution in [0.5, 0.6) is 0 Å². The van der Waals surface area contributed by atoms with Crippen LogP contribution in [0.1, 0.15) is 12.8 Å². The van der Waals surface area contributed by atoms with Crippen LogP contribution in [0.2, 0.25) is 0 Å². The second-order valence-electron chi connectivity index (χ2n) is 5.98. The van der Waals surface area contributed by atoms with Gasteiger partial charge in [-0.2, -0.15) is 0 Å². The number of rotatable bonds is 2. The van der Waals surface area contributed by atoms with Crippen molar-refractivity contribution in [2.45, 2.75) is 18.4 Å². The van der Waals surface area contributed by atoms with E-state index in [9.17, 15) is 0 Å². The Morgan fingerprint density at radius 3 is 2.86 bits per heavy atom. The minimum absolute atomic E-state index is 0.00969. The van der Waals surface area contributed by atoms with Crippen LogP contribution in [0.15, 0.2) is 55.1 Å². The topological polar surface area (TPSA) is 38.2 Å². The summed E-state index contributed by atoms with van der Waals surface area (Å²) in [5, 5.41) is 0. The van der Waals surface area contributed by atoms with Gasteiger partial charge in [-0.3, -0.25) is 9.97 Å². The van der Waals surface area contributed by atoms with Gasteiger partial charge in [-0.1, -0.05) is 18.2 Å². The molecule has 1 spiro atoms. The van der Waals surface area contributed by atoms with E-state index < -0.39 is 0 Å². The molecule has 0 bridgehead atoms. The molecule has 0 radical (unpaired) electrons. The summed E-state index contributed by atoms with van der Waals surface area (Å²) in [6.45, 7) is 2.69. The zero-order valence-corrected chi connectivity index (χ0v) is 12.5. The fraction of sp³-hybridized carbons (Fsp3) is 0.333. The lowest BCUT2D eigenvalue weighted by Gasteiger charge is -2.31. The van der Waals surface area contributed by atoms with E-state index in [1.54, 1.807) is 6.20 Å². The minimum atomic E-state index is -0.00969. The molecule has 2 aromatic heterocycles. The summed E-state index contributed by atoms with van der Waals surface area (Å²) in [6, 6.07) is 6.14. The monoisotopic (exact) mass is 293 g/mol. The molecule has 0 aliphatic carbocycles. The molecule has 22 heavy (non-hydrogen) atoms. The molecule has 0 saturated carbocycles. The van der Waals surface area contributed by atoms with E-state index in [1.165, 1.54) is 5.69 Å². The highest BCUT2D eigenvalue weighted by Gasteiger charge is 2.39. The molecule has 4 heteroatoms. The van der Waals surface area contributed by atoms with Crippen molar-refractivity contribution in [2.24, 2.45) is 0 Å². The van der Waals surface area contributed by atoms with Gasteiger partial charge >= 0.3 is 0 Å². The molecule has 1 saturated heterocycles. The standard InChI is InChI=1S/C18H19N3O/c1-2-11-22-18(6-1)7-10-21(14-18)17-5-9-20-13-16(17)15-4-3-8-19-12-15/h1-5,8-9,12-13H,6-7,10-11,14H2. The van der Waals surface area contributed by atoms with Gasteiger partial charge in [0.2, 0.25) is 0 Å². The van der Waals surface area contributed by atoms with E-state index in [0.29, 0.717) is 0 Å². The Morgan fingerprint density at radius 1 is 1.09 bits per heavy atom. The molecule has 1 unspecified atom stereocenters. The predicted octanol–water partition coefficient (Wildman–Crippen LogP) is 3.07. The summed E-state index contributed by atoms with van der Waals surface area (Å²) in [5.74, 6) is 0. The maximum absolute atomic E-state index is 6.07. The summed E-state index contributed by atoms with van der Waals surface area (Å²) in [6.07, 6.45) is 13.9. The van der Waals surface area contributed by atoms with Gasteiger partial charge in [-0.05, 0) is 25.0 Å². The summed E-state index contributed by atoms with van der Waals surface area (Å²) >= 11 is 0. The second kappa shape index (κ2) is 5.54. The molecule has 0 aromatic carbocycles.